The Morgan fingerprint density at radius 2 is 1.60 bits per heavy atom. The molecule has 0 aliphatic carbocycles. The lowest BCUT2D eigenvalue weighted by molar-refractivity contribution is 0.200. The highest BCUT2D eigenvalue weighted by atomic mass is 35.5. The average molecular weight is 399 g/mol. The summed E-state index contributed by atoms with van der Waals surface area (Å²) in [7, 11) is -3.62. The van der Waals surface area contributed by atoms with Crippen molar-refractivity contribution in [3.63, 3.8) is 0 Å². The van der Waals surface area contributed by atoms with Gasteiger partial charge in [-0.2, -0.15) is 0 Å². The largest absolute Gasteiger partial charge is 0.299 e. The SMILES string of the molecule is O=S(=O)(NC1CCN(Cc2ccccc2)CC1)c1cc(Cl)cc(Cl)c1. The molecule has 1 saturated heterocycles. The first kappa shape index (κ1) is 18.7. The van der Waals surface area contributed by atoms with E-state index in [1.165, 1.54) is 23.8 Å². The molecule has 0 radical (unpaired) electrons. The molecule has 1 aliphatic rings. The second-order valence-corrected chi connectivity index (χ2v) is 8.85. The van der Waals surface area contributed by atoms with Crippen LogP contribution in [0.3, 0.4) is 0 Å². The number of halogens is 2. The van der Waals surface area contributed by atoms with Gasteiger partial charge < -0.3 is 0 Å². The van der Waals surface area contributed by atoms with E-state index in [1.807, 2.05) is 18.2 Å². The minimum Gasteiger partial charge on any atom is -0.299 e. The molecule has 0 aromatic heterocycles. The van der Waals surface area contributed by atoms with Crippen molar-refractivity contribution in [2.75, 3.05) is 13.1 Å². The van der Waals surface area contributed by atoms with Crippen LogP contribution in [0, 0.1) is 0 Å². The Morgan fingerprint density at radius 1 is 1.00 bits per heavy atom. The van der Waals surface area contributed by atoms with Gasteiger partial charge in [0, 0.05) is 35.7 Å². The van der Waals surface area contributed by atoms with Gasteiger partial charge in [0.05, 0.1) is 4.90 Å². The van der Waals surface area contributed by atoms with E-state index < -0.39 is 10.0 Å². The molecular weight excluding hydrogens is 379 g/mol. The lowest BCUT2D eigenvalue weighted by Gasteiger charge is -2.32. The topological polar surface area (TPSA) is 49.4 Å². The zero-order chi connectivity index (χ0) is 17.9. The van der Waals surface area contributed by atoms with Gasteiger partial charge in [0.1, 0.15) is 0 Å². The van der Waals surface area contributed by atoms with E-state index in [2.05, 4.69) is 21.8 Å². The van der Waals surface area contributed by atoms with Gasteiger partial charge in [-0.25, -0.2) is 13.1 Å². The third kappa shape index (κ3) is 5.19. The van der Waals surface area contributed by atoms with Gasteiger partial charge in [-0.3, -0.25) is 4.90 Å². The van der Waals surface area contributed by atoms with Crippen molar-refractivity contribution in [3.8, 4) is 0 Å². The van der Waals surface area contributed by atoms with E-state index in [9.17, 15) is 8.42 Å². The van der Waals surface area contributed by atoms with Crippen LogP contribution < -0.4 is 4.72 Å². The molecule has 0 unspecified atom stereocenters. The Bertz CT molecular complexity index is 800. The molecule has 0 bridgehead atoms. The van der Waals surface area contributed by atoms with Gasteiger partial charge in [0.25, 0.3) is 0 Å². The van der Waals surface area contributed by atoms with Crippen molar-refractivity contribution >= 4 is 33.2 Å². The Labute approximate surface area is 158 Å². The molecule has 1 aliphatic heterocycles. The third-order valence-electron chi connectivity index (χ3n) is 4.30. The average Bonchev–Trinajstić information content (AvgIpc) is 2.56. The van der Waals surface area contributed by atoms with Crippen LogP contribution >= 0.6 is 23.2 Å². The van der Waals surface area contributed by atoms with Crippen molar-refractivity contribution in [1.82, 2.24) is 9.62 Å². The fraction of sp³-hybridized carbons (Fsp3) is 0.333. The maximum atomic E-state index is 12.5. The Kier molecular flexibility index (Phi) is 6.02. The minimum atomic E-state index is -3.62. The molecule has 1 fully saturated rings. The lowest BCUT2D eigenvalue weighted by atomic mass is 10.1. The van der Waals surface area contributed by atoms with Crippen molar-refractivity contribution in [1.29, 1.82) is 0 Å². The Hall–Kier alpha value is -1.11. The van der Waals surface area contributed by atoms with Gasteiger partial charge in [-0.15, -0.1) is 0 Å². The van der Waals surface area contributed by atoms with Crippen molar-refractivity contribution in [3.05, 3.63) is 64.1 Å². The van der Waals surface area contributed by atoms with E-state index >= 15 is 0 Å². The summed E-state index contributed by atoms with van der Waals surface area (Å²) in [6, 6.07) is 14.6. The highest BCUT2D eigenvalue weighted by molar-refractivity contribution is 7.89. The number of piperidine rings is 1. The molecular formula is C18H20Cl2N2O2S. The molecule has 0 saturated carbocycles. The summed E-state index contributed by atoms with van der Waals surface area (Å²) in [5.41, 5.74) is 1.27. The molecule has 4 nitrogen and oxygen atoms in total. The first-order valence-electron chi connectivity index (χ1n) is 8.17. The summed E-state index contributed by atoms with van der Waals surface area (Å²) >= 11 is 11.8. The summed E-state index contributed by atoms with van der Waals surface area (Å²) in [5, 5.41) is 0.621. The maximum absolute atomic E-state index is 12.5. The van der Waals surface area contributed by atoms with Crippen molar-refractivity contribution in [2.24, 2.45) is 0 Å². The second kappa shape index (κ2) is 8.06. The van der Waals surface area contributed by atoms with Crippen LogP contribution in [-0.2, 0) is 16.6 Å². The summed E-state index contributed by atoms with van der Waals surface area (Å²) in [4.78, 5) is 2.45. The number of sulfonamides is 1. The molecule has 3 rings (SSSR count). The van der Waals surface area contributed by atoms with Crippen LogP contribution in [0.25, 0.3) is 0 Å². The summed E-state index contributed by atoms with van der Waals surface area (Å²) in [6.07, 6.45) is 1.56. The zero-order valence-corrected chi connectivity index (χ0v) is 16.0. The summed E-state index contributed by atoms with van der Waals surface area (Å²) in [5.74, 6) is 0. The van der Waals surface area contributed by atoms with Crippen LogP contribution in [0.1, 0.15) is 18.4 Å². The highest BCUT2D eigenvalue weighted by Gasteiger charge is 2.25. The molecule has 7 heteroatoms. The summed E-state index contributed by atoms with van der Waals surface area (Å²) in [6.45, 7) is 2.61. The monoisotopic (exact) mass is 398 g/mol. The smallest absolute Gasteiger partial charge is 0.240 e. The number of hydrogen-bond donors (Lipinski definition) is 1. The molecule has 1 heterocycles. The van der Waals surface area contributed by atoms with E-state index in [-0.39, 0.29) is 10.9 Å². The van der Waals surface area contributed by atoms with Crippen LogP contribution in [0.4, 0.5) is 0 Å². The van der Waals surface area contributed by atoms with Gasteiger partial charge in [0.15, 0.2) is 0 Å². The highest BCUT2D eigenvalue weighted by Crippen LogP contribution is 2.23. The summed E-state index contributed by atoms with van der Waals surface area (Å²) < 4.78 is 27.8. The normalized spacial score (nSPS) is 16.9. The number of hydrogen-bond acceptors (Lipinski definition) is 3. The number of rotatable bonds is 5. The lowest BCUT2D eigenvalue weighted by Crippen LogP contribution is -2.44. The molecule has 134 valence electrons. The van der Waals surface area contributed by atoms with E-state index in [0.717, 1.165) is 32.5 Å². The van der Waals surface area contributed by atoms with Gasteiger partial charge in [0.2, 0.25) is 10.0 Å². The molecule has 2 aromatic rings. The molecule has 2 aromatic carbocycles. The molecule has 0 amide bonds. The number of benzene rings is 2. The third-order valence-corrected chi connectivity index (χ3v) is 6.24. The predicted octanol–water partition coefficient (Wildman–Crippen LogP) is 3.94. The molecule has 0 atom stereocenters. The molecule has 0 spiro atoms. The van der Waals surface area contributed by atoms with Crippen molar-refractivity contribution < 1.29 is 8.42 Å². The fourth-order valence-electron chi connectivity index (χ4n) is 3.02. The van der Waals surface area contributed by atoms with Gasteiger partial charge >= 0.3 is 0 Å². The number of nitrogens with one attached hydrogen (secondary N) is 1. The number of likely N-dealkylation sites (tertiary alicyclic amines) is 1. The van der Waals surface area contributed by atoms with E-state index in [0.29, 0.717) is 10.0 Å². The van der Waals surface area contributed by atoms with E-state index in [4.69, 9.17) is 23.2 Å². The molecule has 25 heavy (non-hydrogen) atoms. The quantitative estimate of drug-likeness (QED) is 0.829. The van der Waals surface area contributed by atoms with E-state index in [1.54, 1.807) is 0 Å². The fourth-order valence-corrected chi connectivity index (χ4v) is 5.05. The number of nitrogens with zero attached hydrogens (tertiary/aromatic N) is 1. The van der Waals surface area contributed by atoms with Crippen LogP contribution in [0.15, 0.2) is 53.4 Å². The van der Waals surface area contributed by atoms with Crippen LogP contribution in [0.2, 0.25) is 10.0 Å². The molecule has 1 N–H and O–H groups in total. The Morgan fingerprint density at radius 3 is 2.20 bits per heavy atom. The Balaban J connectivity index is 1.58. The minimum absolute atomic E-state index is 0.0743. The zero-order valence-electron chi connectivity index (χ0n) is 13.7. The van der Waals surface area contributed by atoms with Crippen molar-refractivity contribution in [2.45, 2.75) is 30.3 Å². The van der Waals surface area contributed by atoms with Crippen LogP contribution in [-0.4, -0.2) is 32.4 Å². The second-order valence-electron chi connectivity index (χ2n) is 6.26. The standard InChI is InChI=1S/C18H20Cl2N2O2S/c19-15-10-16(20)12-18(11-15)25(23,24)21-17-6-8-22(9-7-17)13-14-4-2-1-3-5-14/h1-5,10-12,17,21H,6-9,13H2. The predicted molar refractivity (Wildman–Crippen MR) is 102 cm³/mol. The first-order chi connectivity index (χ1) is 11.9. The van der Waals surface area contributed by atoms with Gasteiger partial charge in [-0.1, -0.05) is 53.5 Å². The first-order valence-corrected chi connectivity index (χ1v) is 10.4. The van der Waals surface area contributed by atoms with Crippen LogP contribution in [0.5, 0.6) is 0 Å². The van der Waals surface area contributed by atoms with Gasteiger partial charge in [-0.05, 0) is 36.6 Å². The maximum Gasteiger partial charge on any atom is 0.240 e.